The minimum Gasteiger partial charge on any atom is -0.486 e. The van der Waals surface area contributed by atoms with Crippen molar-refractivity contribution in [3.05, 3.63) is 18.2 Å². The summed E-state index contributed by atoms with van der Waals surface area (Å²) >= 11 is 0. The fourth-order valence-corrected chi connectivity index (χ4v) is 4.26. The molecule has 0 bridgehead atoms. The van der Waals surface area contributed by atoms with E-state index in [1.54, 1.807) is 39.0 Å². The number of anilines is 1. The molecule has 2 aliphatic rings. The molecule has 1 aliphatic heterocycles. The fraction of sp³-hybridized carbons (Fsp3) is 0.632. The molecular weight excluding hydrogens is 368 g/mol. The summed E-state index contributed by atoms with van der Waals surface area (Å²) in [7, 11) is -3.37. The number of fused-ring (bicyclic) bond motifs is 1. The van der Waals surface area contributed by atoms with E-state index in [0.29, 0.717) is 56.1 Å². The maximum atomic E-state index is 12.6. The number of hydrogen-bond acceptors (Lipinski definition) is 5. The second-order valence-corrected chi connectivity index (χ2v) is 10.6. The molecule has 0 aromatic heterocycles. The number of sulfonamides is 1. The zero-order valence-corrected chi connectivity index (χ0v) is 16.9. The molecule has 1 fully saturated rings. The van der Waals surface area contributed by atoms with Gasteiger partial charge in [-0.15, -0.1) is 0 Å². The lowest BCUT2D eigenvalue weighted by molar-refractivity contribution is -0.120. The average molecular weight is 397 g/mol. The third-order valence-corrected chi connectivity index (χ3v) is 7.29. The summed E-state index contributed by atoms with van der Waals surface area (Å²) in [6.45, 7) is 6.07. The highest BCUT2D eigenvalue weighted by atomic mass is 32.2. The van der Waals surface area contributed by atoms with Crippen LogP contribution in [0.5, 0.6) is 11.5 Å². The van der Waals surface area contributed by atoms with Crippen molar-refractivity contribution >= 4 is 21.6 Å². The topological polar surface area (TPSA) is 93.7 Å². The van der Waals surface area contributed by atoms with Crippen LogP contribution in [0.4, 0.5) is 5.69 Å². The van der Waals surface area contributed by atoms with Crippen LogP contribution in [-0.4, -0.2) is 38.3 Å². The number of benzene rings is 1. The lowest BCUT2D eigenvalue weighted by Crippen LogP contribution is -2.46. The van der Waals surface area contributed by atoms with E-state index in [-0.39, 0.29) is 17.9 Å². The molecule has 0 unspecified atom stereocenters. The van der Waals surface area contributed by atoms with E-state index in [0.717, 1.165) is 0 Å². The molecule has 1 saturated carbocycles. The van der Waals surface area contributed by atoms with Gasteiger partial charge in [-0.3, -0.25) is 4.79 Å². The number of carbonyl (C=O) groups excluding carboxylic acids is 1. The average Bonchev–Trinajstić information content (AvgIpc) is 2.61. The Hall–Kier alpha value is -1.80. The van der Waals surface area contributed by atoms with E-state index in [2.05, 4.69) is 10.0 Å². The van der Waals surface area contributed by atoms with Gasteiger partial charge in [0.15, 0.2) is 11.5 Å². The standard InChI is InChI=1S/C19H28N2O5S/c1-19(2,3)27(23,24)21-14-6-4-13(5-7-14)18(22)20-15-8-9-16-17(12-15)26-11-10-25-16/h8-9,12-14,21H,4-7,10-11H2,1-3H3,(H,20,22). The van der Waals surface area contributed by atoms with E-state index >= 15 is 0 Å². The molecule has 0 radical (unpaired) electrons. The van der Waals surface area contributed by atoms with Crippen LogP contribution in [0.15, 0.2) is 18.2 Å². The molecule has 150 valence electrons. The van der Waals surface area contributed by atoms with Crippen LogP contribution in [-0.2, 0) is 14.8 Å². The Labute approximate surface area is 160 Å². The third-order valence-electron chi connectivity index (χ3n) is 5.04. The van der Waals surface area contributed by atoms with Crippen molar-refractivity contribution in [3.63, 3.8) is 0 Å². The molecule has 0 saturated heterocycles. The van der Waals surface area contributed by atoms with E-state index in [9.17, 15) is 13.2 Å². The van der Waals surface area contributed by atoms with Crippen LogP contribution >= 0.6 is 0 Å². The van der Waals surface area contributed by atoms with Gasteiger partial charge in [0.2, 0.25) is 15.9 Å². The monoisotopic (exact) mass is 396 g/mol. The van der Waals surface area contributed by atoms with Crippen LogP contribution in [0.1, 0.15) is 46.5 Å². The van der Waals surface area contributed by atoms with Crippen LogP contribution in [0, 0.1) is 5.92 Å². The SMILES string of the molecule is CC(C)(C)S(=O)(=O)NC1CCC(C(=O)Nc2ccc3c(c2)OCCO3)CC1. The second kappa shape index (κ2) is 7.67. The fourth-order valence-electron chi connectivity index (χ4n) is 3.24. The number of nitrogens with one attached hydrogen (secondary N) is 2. The van der Waals surface area contributed by atoms with Crippen molar-refractivity contribution in [1.82, 2.24) is 4.72 Å². The highest BCUT2D eigenvalue weighted by Gasteiger charge is 2.34. The molecular formula is C19H28N2O5S. The smallest absolute Gasteiger partial charge is 0.227 e. The number of amides is 1. The van der Waals surface area contributed by atoms with Gasteiger partial charge in [0.1, 0.15) is 13.2 Å². The predicted octanol–water partition coefficient (Wildman–Crippen LogP) is 2.67. The largest absolute Gasteiger partial charge is 0.486 e. The molecule has 1 heterocycles. The van der Waals surface area contributed by atoms with E-state index < -0.39 is 14.8 Å². The summed E-state index contributed by atoms with van der Waals surface area (Å²) < 4.78 is 37.5. The minimum atomic E-state index is -3.37. The summed E-state index contributed by atoms with van der Waals surface area (Å²) in [4.78, 5) is 12.6. The zero-order chi connectivity index (χ0) is 19.7. The highest BCUT2D eigenvalue weighted by molar-refractivity contribution is 7.90. The van der Waals surface area contributed by atoms with Gasteiger partial charge in [0.05, 0.1) is 4.75 Å². The van der Waals surface area contributed by atoms with E-state index in [4.69, 9.17) is 9.47 Å². The summed E-state index contributed by atoms with van der Waals surface area (Å²) in [6.07, 6.45) is 2.64. The number of hydrogen-bond donors (Lipinski definition) is 2. The van der Waals surface area contributed by atoms with Gasteiger partial charge in [-0.25, -0.2) is 13.1 Å². The first-order valence-corrected chi connectivity index (χ1v) is 10.9. The molecule has 8 heteroatoms. The molecule has 27 heavy (non-hydrogen) atoms. The molecule has 1 aromatic carbocycles. The van der Waals surface area contributed by atoms with Crippen molar-refractivity contribution in [3.8, 4) is 11.5 Å². The van der Waals surface area contributed by atoms with Gasteiger partial charge in [-0.2, -0.15) is 0 Å². The number of ether oxygens (including phenoxy) is 2. The van der Waals surface area contributed by atoms with Crippen LogP contribution < -0.4 is 19.5 Å². The van der Waals surface area contributed by atoms with Crippen LogP contribution in [0.25, 0.3) is 0 Å². The Morgan fingerprint density at radius 2 is 1.67 bits per heavy atom. The Morgan fingerprint density at radius 3 is 2.30 bits per heavy atom. The van der Waals surface area contributed by atoms with Crippen LogP contribution in [0.3, 0.4) is 0 Å². The molecule has 1 amide bonds. The maximum Gasteiger partial charge on any atom is 0.227 e. The van der Waals surface area contributed by atoms with Crippen LogP contribution in [0.2, 0.25) is 0 Å². The lowest BCUT2D eigenvalue weighted by atomic mass is 9.86. The molecule has 3 rings (SSSR count). The normalized spacial score (nSPS) is 22.9. The summed E-state index contributed by atoms with van der Waals surface area (Å²) in [5, 5.41) is 2.94. The first-order valence-electron chi connectivity index (χ1n) is 9.38. The van der Waals surface area contributed by atoms with E-state index in [1.165, 1.54) is 0 Å². The summed E-state index contributed by atoms with van der Waals surface area (Å²) in [5.74, 6) is 1.17. The molecule has 7 nitrogen and oxygen atoms in total. The maximum absolute atomic E-state index is 12.6. The minimum absolute atomic E-state index is 0.0381. The van der Waals surface area contributed by atoms with Crippen molar-refractivity contribution in [1.29, 1.82) is 0 Å². The molecule has 1 aliphatic carbocycles. The third kappa shape index (κ3) is 4.73. The number of carbonyl (C=O) groups is 1. The van der Waals surface area contributed by atoms with Gasteiger partial charge < -0.3 is 14.8 Å². The Bertz CT molecular complexity index is 793. The summed E-state index contributed by atoms with van der Waals surface area (Å²) in [6, 6.07) is 5.26. The Balaban J connectivity index is 1.53. The van der Waals surface area contributed by atoms with Gasteiger partial charge in [0, 0.05) is 23.7 Å². The first-order chi connectivity index (χ1) is 12.7. The second-order valence-electron chi connectivity index (χ2n) is 8.13. The zero-order valence-electron chi connectivity index (χ0n) is 16.1. The molecule has 1 aromatic rings. The van der Waals surface area contributed by atoms with Crippen molar-refractivity contribution in [2.24, 2.45) is 5.92 Å². The Kier molecular flexibility index (Phi) is 5.67. The van der Waals surface area contributed by atoms with E-state index in [1.807, 2.05) is 0 Å². The quantitative estimate of drug-likeness (QED) is 0.816. The van der Waals surface area contributed by atoms with Gasteiger partial charge >= 0.3 is 0 Å². The van der Waals surface area contributed by atoms with Gasteiger partial charge in [-0.1, -0.05) is 0 Å². The van der Waals surface area contributed by atoms with Crippen molar-refractivity contribution in [2.75, 3.05) is 18.5 Å². The molecule has 0 spiro atoms. The summed E-state index contributed by atoms with van der Waals surface area (Å²) in [5.41, 5.74) is 0.680. The molecule has 2 N–H and O–H groups in total. The molecule has 0 atom stereocenters. The highest BCUT2D eigenvalue weighted by Crippen LogP contribution is 2.33. The Morgan fingerprint density at radius 1 is 1.04 bits per heavy atom. The predicted molar refractivity (Wildman–Crippen MR) is 104 cm³/mol. The number of rotatable bonds is 4. The van der Waals surface area contributed by atoms with Gasteiger partial charge in [-0.05, 0) is 58.6 Å². The lowest BCUT2D eigenvalue weighted by Gasteiger charge is -2.30. The van der Waals surface area contributed by atoms with Gasteiger partial charge in [0.25, 0.3) is 0 Å². The van der Waals surface area contributed by atoms with Crippen molar-refractivity contribution < 1.29 is 22.7 Å². The van der Waals surface area contributed by atoms with Crippen molar-refractivity contribution in [2.45, 2.75) is 57.2 Å². The first kappa shape index (κ1) is 19.9.